The molecule has 1 saturated heterocycles. The zero-order valence-corrected chi connectivity index (χ0v) is 15.1. The summed E-state index contributed by atoms with van der Waals surface area (Å²) in [6.45, 7) is -0.524. The molecule has 1 fully saturated rings. The van der Waals surface area contributed by atoms with Crippen LogP contribution in [0.4, 0.5) is 13.9 Å². The number of aromatic nitrogens is 1. The second-order valence-corrected chi connectivity index (χ2v) is 6.64. The molecule has 2 heterocycles. The van der Waals surface area contributed by atoms with Gasteiger partial charge >= 0.3 is 6.61 Å². The van der Waals surface area contributed by atoms with Crippen LogP contribution in [0, 0.1) is 0 Å². The van der Waals surface area contributed by atoms with Crippen LogP contribution in [0.25, 0.3) is 0 Å². The third-order valence-corrected chi connectivity index (χ3v) is 4.90. The van der Waals surface area contributed by atoms with Gasteiger partial charge < -0.3 is 19.9 Å². The monoisotopic (exact) mass is 396 g/mol. The van der Waals surface area contributed by atoms with E-state index in [1.54, 1.807) is 22.4 Å². The number of nitrogens with zero attached hydrogens (tertiary/aromatic N) is 3. The molecule has 0 aliphatic carbocycles. The molecular weight excluding hydrogens is 378 g/mol. The van der Waals surface area contributed by atoms with Gasteiger partial charge in [0.25, 0.3) is 5.91 Å². The molecule has 0 saturated carbocycles. The maximum Gasteiger partial charge on any atom is 0.387 e. The number of anilines is 1. The Labute approximate surface area is 158 Å². The Morgan fingerprint density at radius 1 is 1.19 bits per heavy atom. The lowest BCUT2D eigenvalue weighted by molar-refractivity contribution is -0.130. The molecule has 1 aliphatic heterocycles. The minimum absolute atomic E-state index is 0.0317. The summed E-state index contributed by atoms with van der Waals surface area (Å²) >= 11 is 1.56. The van der Waals surface area contributed by atoms with Crippen LogP contribution >= 0.6 is 11.3 Å². The molecular formula is C17H18F2N4O3S. The summed E-state index contributed by atoms with van der Waals surface area (Å²) in [6.07, 6.45) is 1.75. The van der Waals surface area contributed by atoms with Crippen LogP contribution < -0.4 is 15.0 Å². The van der Waals surface area contributed by atoms with Crippen molar-refractivity contribution in [2.75, 3.05) is 37.6 Å². The molecule has 1 aliphatic rings. The lowest BCUT2D eigenvalue weighted by Gasteiger charge is -2.34. The topological polar surface area (TPSA) is 74.8 Å². The van der Waals surface area contributed by atoms with Gasteiger partial charge in [-0.05, 0) is 24.3 Å². The first-order valence-corrected chi connectivity index (χ1v) is 9.16. The Morgan fingerprint density at radius 2 is 1.89 bits per heavy atom. The number of amides is 2. The van der Waals surface area contributed by atoms with Gasteiger partial charge in [-0.2, -0.15) is 8.78 Å². The third kappa shape index (κ3) is 5.13. The fraction of sp³-hybridized carbons (Fsp3) is 0.353. The van der Waals surface area contributed by atoms with Crippen LogP contribution in [0.3, 0.4) is 0 Å². The van der Waals surface area contributed by atoms with Gasteiger partial charge in [0.1, 0.15) is 5.75 Å². The Hall–Kier alpha value is -2.75. The van der Waals surface area contributed by atoms with Crippen LogP contribution in [0.15, 0.2) is 35.8 Å². The normalized spacial score (nSPS) is 14.3. The molecule has 10 heteroatoms. The molecule has 0 radical (unpaired) electrons. The number of halogens is 2. The van der Waals surface area contributed by atoms with E-state index in [1.807, 2.05) is 5.38 Å². The van der Waals surface area contributed by atoms with Gasteiger partial charge in [0.15, 0.2) is 5.13 Å². The molecule has 1 aromatic carbocycles. The van der Waals surface area contributed by atoms with E-state index in [0.29, 0.717) is 26.2 Å². The number of hydrogen-bond donors (Lipinski definition) is 1. The molecule has 1 aromatic heterocycles. The highest BCUT2D eigenvalue weighted by Crippen LogP contribution is 2.19. The second-order valence-electron chi connectivity index (χ2n) is 5.77. The van der Waals surface area contributed by atoms with Crippen molar-refractivity contribution < 1.29 is 23.1 Å². The van der Waals surface area contributed by atoms with Crippen molar-refractivity contribution in [3.05, 3.63) is 41.4 Å². The summed E-state index contributed by atoms with van der Waals surface area (Å²) < 4.78 is 28.5. The van der Waals surface area contributed by atoms with Gasteiger partial charge in [-0.1, -0.05) is 0 Å². The molecule has 0 bridgehead atoms. The van der Waals surface area contributed by atoms with Gasteiger partial charge in [0.05, 0.1) is 6.54 Å². The van der Waals surface area contributed by atoms with Gasteiger partial charge in [-0.3, -0.25) is 9.59 Å². The van der Waals surface area contributed by atoms with Gasteiger partial charge in [-0.25, -0.2) is 4.98 Å². The Bertz CT molecular complexity index is 763. The highest BCUT2D eigenvalue weighted by molar-refractivity contribution is 7.13. The molecule has 3 rings (SSSR count). The maximum atomic E-state index is 12.3. The number of thiazole rings is 1. The van der Waals surface area contributed by atoms with Crippen LogP contribution in [0.1, 0.15) is 10.4 Å². The van der Waals surface area contributed by atoms with Crippen molar-refractivity contribution in [2.45, 2.75) is 6.61 Å². The number of carbonyl (C=O) groups is 2. The summed E-state index contributed by atoms with van der Waals surface area (Å²) in [6, 6.07) is 5.29. The van der Waals surface area contributed by atoms with Gasteiger partial charge in [0, 0.05) is 43.3 Å². The average molecular weight is 396 g/mol. The number of benzene rings is 1. The predicted molar refractivity (Wildman–Crippen MR) is 96.3 cm³/mol. The second kappa shape index (κ2) is 8.76. The number of ether oxygens (including phenoxy) is 1. The van der Waals surface area contributed by atoms with E-state index in [9.17, 15) is 18.4 Å². The number of hydrogen-bond acceptors (Lipinski definition) is 6. The molecule has 1 N–H and O–H groups in total. The number of carbonyl (C=O) groups excluding carboxylic acids is 2. The zero-order valence-electron chi connectivity index (χ0n) is 14.3. The lowest BCUT2D eigenvalue weighted by atomic mass is 10.2. The van der Waals surface area contributed by atoms with E-state index in [2.05, 4.69) is 19.9 Å². The first-order valence-electron chi connectivity index (χ1n) is 8.28. The van der Waals surface area contributed by atoms with E-state index in [4.69, 9.17) is 0 Å². The maximum absolute atomic E-state index is 12.3. The number of nitrogens with one attached hydrogen (secondary N) is 1. The van der Waals surface area contributed by atoms with Crippen molar-refractivity contribution in [3.63, 3.8) is 0 Å². The molecule has 0 spiro atoms. The number of alkyl halides is 2. The molecule has 0 atom stereocenters. The first-order chi connectivity index (χ1) is 13.0. The smallest absolute Gasteiger partial charge is 0.387 e. The SMILES string of the molecule is O=C(NCC(=O)N1CCN(c2nccs2)CC1)c1ccc(OC(F)F)cc1. The van der Waals surface area contributed by atoms with E-state index < -0.39 is 12.5 Å². The van der Waals surface area contributed by atoms with Crippen LogP contribution in [-0.4, -0.2) is 61.0 Å². The van der Waals surface area contributed by atoms with Crippen molar-refractivity contribution in [1.29, 1.82) is 0 Å². The molecule has 7 nitrogen and oxygen atoms in total. The summed E-state index contributed by atoms with van der Waals surface area (Å²) in [5, 5.41) is 5.40. The first kappa shape index (κ1) is 19.0. The van der Waals surface area contributed by atoms with Crippen molar-refractivity contribution in [2.24, 2.45) is 0 Å². The molecule has 27 heavy (non-hydrogen) atoms. The van der Waals surface area contributed by atoms with Crippen molar-refractivity contribution in [1.82, 2.24) is 15.2 Å². The average Bonchev–Trinajstić information content (AvgIpc) is 3.21. The summed E-state index contributed by atoms with van der Waals surface area (Å²) in [5.74, 6) is -0.649. The Kier molecular flexibility index (Phi) is 6.17. The fourth-order valence-electron chi connectivity index (χ4n) is 2.68. The number of piperazine rings is 1. The Balaban J connectivity index is 1.44. The number of rotatable bonds is 6. The highest BCUT2D eigenvalue weighted by Gasteiger charge is 2.22. The van der Waals surface area contributed by atoms with Gasteiger partial charge in [-0.15, -0.1) is 11.3 Å². The third-order valence-electron chi connectivity index (χ3n) is 4.06. The minimum atomic E-state index is -2.92. The standard InChI is InChI=1S/C17H18F2N4O3S/c18-16(19)26-13-3-1-12(2-4-13)15(25)21-11-14(24)22-6-8-23(9-7-22)17-20-5-10-27-17/h1-5,10,16H,6-9,11H2,(H,21,25). The largest absolute Gasteiger partial charge is 0.435 e. The Morgan fingerprint density at radius 3 is 2.48 bits per heavy atom. The molecule has 144 valence electrons. The van der Waals surface area contributed by atoms with Crippen LogP contribution in [0.5, 0.6) is 5.75 Å². The quantitative estimate of drug-likeness (QED) is 0.806. The summed E-state index contributed by atoms with van der Waals surface area (Å²) in [4.78, 5) is 32.4. The van der Waals surface area contributed by atoms with Crippen molar-refractivity contribution >= 4 is 28.3 Å². The highest BCUT2D eigenvalue weighted by atomic mass is 32.1. The minimum Gasteiger partial charge on any atom is -0.435 e. The van der Waals surface area contributed by atoms with Crippen LogP contribution in [-0.2, 0) is 4.79 Å². The molecule has 2 amide bonds. The fourth-order valence-corrected chi connectivity index (χ4v) is 3.37. The molecule has 2 aromatic rings. The summed E-state index contributed by atoms with van der Waals surface area (Å²) in [7, 11) is 0. The van der Waals surface area contributed by atoms with E-state index >= 15 is 0 Å². The van der Waals surface area contributed by atoms with Crippen LogP contribution in [0.2, 0.25) is 0 Å². The zero-order chi connectivity index (χ0) is 19.2. The van der Waals surface area contributed by atoms with E-state index in [1.165, 1.54) is 24.3 Å². The van der Waals surface area contributed by atoms with Crippen molar-refractivity contribution in [3.8, 4) is 5.75 Å². The van der Waals surface area contributed by atoms with E-state index in [-0.39, 0.29) is 23.8 Å². The van der Waals surface area contributed by atoms with Gasteiger partial charge in [0.2, 0.25) is 5.91 Å². The molecule has 0 unspecified atom stereocenters. The lowest BCUT2D eigenvalue weighted by Crippen LogP contribution is -2.51. The summed E-state index contributed by atoms with van der Waals surface area (Å²) in [5.41, 5.74) is 0.262. The predicted octanol–water partition coefficient (Wildman–Crippen LogP) is 1.82. The van der Waals surface area contributed by atoms with E-state index in [0.717, 1.165) is 5.13 Å².